The van der Waals surface area contributed by atoms with E-state index in [4.69, 9.17) is 4.98 Å². The molecule has 7 heteroatoms. The maximum absolute atomic E-state index is 12.8. The fraction of sp³-hybridized carbons (Fsp3) is 0.632. The molecule has 1 aliphatic heterocycles. The van der Waals surface area contributed by atoms with E-state index in [9.17, 15) is 9.59 Å². The SMILES string of the molecule is CC1CCCC(C)N1C(=O)CSc1nc2sc3c(c2c(=O)n1C)CCC3. The van der Waals surface area contributed by atoms with E-state index in [1.165, 1.54) is 28.6 Å². The third kappa shape index (κ3) is 2.99. The Bertz CT molecular complexity index is 908. The molecule has 2 unspecified atom stereocenters. The van der Waals surface area contributed by atoms with E-state index >= 15 is 0 Å². The predicted octanol–water partition coefficient (Wildman–Crippen LogP) is 3.37. The first-order chi connectivity index (χ1) is 12.5. The van der Waals surface area contributed by atoms with Gasteiger partial charge in [0.2, 0.25) is 5.91 Å². The molecular weight excluding hydrogens is 366 g/mol. The molecule has 4 rings (SSSR count). The van der Waals surface area contributed by atoms with Crippen LogP contribution >= 0.6 is 23.1 Å². The van der Waals surface area contributed by atoms with Gasteiger partial charge in [0.15, 0.2) is 5.16 Å². The highest BCUT2D eigenvalue weighted by Crippen LogP contribution is 2.35. The Morgan fingerprint density at radius 2 is 1.96 bits per heavy atom. The zero-order valence-electron chi connectivity index (χ0n) is 15.6. The summed E-state index contributed by atoms with van der Waals surface area (Å²) in [7, 11) is 1.77. The highest BCUT2D eigenvalue weighted by atomic mass is 32.2. The van der Waals surface area contributed by atoms with Gasteiger partial charge in [0, 0.05) is 24.0 Å². The molecule has 3 heterocycles. The molecule has 5 nitrogen and oxygen atoms in total. The molecule has 0 N–H and O–H groups in total. The smallest absolute Gasteiger partial charge is 0.262 e. The lowest BCUT2D eigenvalue weighted by atomic mass is 9.98. The molecular formula is C19H25N3O2S2. The van der Waals surface area contributed by atoms with Gasteiger partial charge in [-0.25, -0.2) is 4.98 Å². The van der Waals surface area contributed by atoms with Crippen LogP contribution in [-0.2, 0) is 24.7 Å². The summed E-state index contributed by atoms with van der Waals surface area (Å²) in [5.74, 6) is 0.490. The number of thiophene rings is 1. The van der Waals surface area contributed by atoms with E-state index in [2.05, 4.69) is 13.8 Å². The molecule has 26 heavy (non-hydrogen) atoms. The molecule has 1 saturated heterocycles. The second-order valence-electron chi connectivity index (χ2n) is 7.51. The van der Waals surface area contributed by atoms with Crippen molar-refractivity contribution in [3.05, 3.63) is 20.8 Å². The van der Waals surface area contributed by atoms with Gasteiger partial charge in [-0.1, -0.05) is 11.8 Å². The molecule has 140 valence electrons. The van der Waals surface area contributed by atoms with E-state index in [0.29, 0.717) is 23.0 Å². The van der Waals surface area contributed by atoms with Gasteiger partial charge in [-0.05, 0) is 57.9 Å². The minimum Gasteiger partial charge on any atom is -0.337 e. The number of hydrogen-bond donors (Lipinski definition) is 0. The van der Waals surface area contributed by atoms with Crippen LogP contribution in [0.5, 0.6) is 0 Å². The summed E-state index contributed by atoms with van der Waals surface area (Å²) in [6, 6.07) is 0.595. The largest absolute Gasteiger partial charge is 0.337 e. The number of nitrogens with zero attached hydrogens (tertiary/aromatic N) is 3. The number of likely N-dealkylation sites (tertiary alicyclic amines) is 1. The number of aromatic nitrogens is 2. The summed E-state index contributed by atoms with van der Waals surface area (Å²) >= 11 is 3.04. The van der Waals surface area contributed by atoms with Gasteiger partial charge in [-0.2, -0.15) is 0 Å². The van der Waals surface area contributed by atoms with Crippen molar-refractivity contribution in [1.82, 2.24) is 14.5 Å². The van der Waals surface area contributed by atoms with Gasteiger partial charge < -0.3 is 4.90 Å². The number of rotatable bonds is 3. The number of carbonyl (C=O) groups excluding carboxylic acids is 1. The van der Waals surface area contributed by atoms with Gasteiger partial charge in [0.25, 0.3) is 5.56 Å². The normalized spacial score (nSPS) is 22.8. The third-order valence-corrected chi connectivity index (χ3v) is 7.91. The molecule has 0 spiro atoms. The van der Waals surface area contributed by atoms with Crippen LogP contribution in [0.2, 0.25) is 0 Å². The average molecular weight is 392 g/mol. The Labute approximate surface area is 161 Å². The van der Waals surface area contributed by atoms with E-state index in [1.807, 2.05) is 4.90 Å². The number of aryl methyl sites for hydroxylation is 2. The fourth-order valence-corrected chi connectivity index (χ4v) is 6.49. The molecule has 0 aromatic carbocycles. The number of amides is 1. The summed E-state index contributed by atoms with van der Waals surface area (Å²) < 4.78 is 1.62. The van der Waals surface area contributed by atoms with Crippen LogP contribution in [0.4, 0.5) is 0 Å². The van der Waals surface area contributed by atoms with Crippen LogP contribution in [-0.4, -0.2) is 38.2 Å². The second kappa shape index (κ2) is 7.00. The van der Waals surface area contributed by atoms with E-state index < -0.39 is 0 Å². The van der Waals surface area contributed by atoms with Crippen LogP contribution < -0.4 is 5.56 Å². The van der Waals surface area contributed by atoms with Gasteiger partial charge in [-0.15, -0.1) is 11.3 Å². The van der Waals surface area contributed by atoms with E-state index in [0.717, 1.165) is 42.3 Å². The van der Waals surface area contributed by atoms with Gasteiger partial charge in [-0.3, -0.25) is 14.2 Å². The summed E-state index contributed by atoms with van der Waals surface area (Å²) in [5, 5.41) is 1.45. The van der Waals surface area contributed by atoms with E-state index in [-0.39, 0.29) is 11.5 Å². The highest BCUT2D eigenvalue weighted by molar-refractivity contribution is 7.99. The van der Waals surface area contributed by atoms with Crippen LogP contribution in [0.25, 0.3) is 10.2 Å². The minimum absolute atomic E-state index is 0.0315. The monoisotopic (exact) mass is 391 g/mol. The Balaban J connectivity index is 1.57. The summed E-state index contributed by atoms with van der Waals surface area (Å²) in [4.78, 5) is 34.5. The van der Waals surface area contributed by atoms with Crippen LogP contribution in [0.3, 0.4) is 0 Å². The number of fused-ring (bicyclic) bond motifs is 3. The molecule has 0 radical (unpaired) electrons. The maximum atomic E-state index is 12.8. The minimum atomic E-state index is 0.0315. The number of piperidine rings is 1. The van der Waals surface area contributed by atoms with Crippen LogP contribution in [0, 0.1) is 0 Å². The lowest BCUT2D eigenvalue weighted by Crippen LogP contribution is -2.48. The molecule has 2 aliphatic rings. The van der Waals surface area contributed by atoms with Crippen molar-refractivity contribution in [3.8, 4) is 0 Å². The zero-order chi connectivity index (χ0) is 18.4. The molecule has 1 amide bonds. The van der Waals surface area contributed by atoms with Crippen molar-refractivity contribution in [2.24, 2.45) is 7.05 Å². The summed E-state index contributed by atoms with van der Waals surface area (Å²) in [6.45, 7) is 4.26. The topological polar surface area (TPSA) is 55.2 Å². The molecule has 2 aromatic rings. The molecule has 2 atom stereocenters. The van der Waals surface area contributed by atoms with Crippen molar-refractivity contribution >= 4 is 39.2 Å². The van der Waals surface area contributed by atoms with Gasteiger partial charge in [0.05, 0.1) is 11.1 Å². The second-order valence-corrected chi connectivity index (χ2v) is 9.54. The molecule has 1 fully saturated rings. The number of thioether (sulfide) groups is 1. The number of carbonyl (C=O) groups is 1. The summed E-state index contributed by atoms with van der Waals surface area (Å²) in [6.07, 6.45) is 6.52. The lowest BCUT2D eigenvalue weighted by Gasteiger charge is -2.39. The van der Waals surface area contributed by atoms with Crippen molar-refractivity contribution in [2.75, 3.05) is 5.75 Å². The average Bonchev–Trinajstić information content (AvgIpc) is 3.17. The standard InChI is InChI=1S/C19H25N3O2S2/c1-11-6-4-7-12(2)22(11)15(23)10-25-19-20-17-16(18(24)21(19)3)13-8-5-9-14(13)26-17/h11-12H,4-10H2,1-3H3. The van der Waals surface area contributed by atoms with Crippen molar-refractivity contribution in [3.63, 3.8) is 0 Å². The Morgan fingerprint density at radius 1 is 1.23 bits per heavy atom. The Kier molecular flexibility index (Phi) is 4.86. The van der Waals surface area contributed by atoms with Crippen LogP contribution in [0.15, 0.2) is 9.95 Å². The highest BCUT2D eigenvalue weighted by Gasteiger charge is 2.29. The van der Waals surface area contributed by atoms with Crippen molar-refractivity contribution in [2.45, 2.75) is 69.6 Å². The molecule has 1 aliphatic carbocycles. The first-order valence-corrected chi connectivity index (χ1v) is 11.2. The first-order valence-electron chi connectivity index (χ1n) is 9.42. The molecule has 0 bridgehead atoms. The molecule has 2 aromatic heterocycles. The maximum Gasteiger partial charge on any atom is 0.262 e. The number of hydrogen-bond acceptors (Lipinski definition) is 5. The third-order valence-electron chi connectivity index (χ3n) is 5.71. The van der Waals surface area contributed by atoms with Crippen molar-refractivity contribution in [1.29, 1.82) is 0 Å². The first kappa shape index (κ1) is 18.0. The Morgan fingerprint density at radius 3 is 2.69 bits per heavy atom. The lowest BCUT2D eigenvalue weighted by molar-refractivity contribution is -0.134. The molecule has 0 saturated carbocycles. The van der Waals surface area contributed by atoms with Crippen molar-refractivity contribution < 1.29 is 4.79 Å². The summed E-state index contributed by atoms with van der Waals surface area (Å²) in [5.41, 5.74) is 1.24. The zero-order valence-corrected chi connectivity index (χ0v) is 17.2. The fourth-order valence-electron chi connectivity index (χ4n) is 4.35. The quantitative estimate of drug-likeness (QED) is 0.595. The van der Waals surface area contributed by atoms with Crippen LogP contribution in [0.1, 0.15) is 50.0 Å². The van der Waals surface area contributed by atoms with Gasteiger partial charge in [0.1, 0.15) is 4.83 Å². The predicted molar refractivity (Wildman–Crippen MR) is 107 cm³/mol. The van der Waals surface area contributed by atoms with Gasteiger partial charge >= 0.3 is 0 Å². The van der Waals surface area contributed by atoms with E-state index in [1.54, 1.807) is 23.0 Å². The Hall–Kier alpha value is -1.34.